The van der Waals surface area contributed by atoms with Crippen molar-refractivity contribution in [2.75, 3.05) is 25.6 Å². The third-order valence-corrected chi connectivity index (χ3v) is 3.73. The van der Waals surface area contributed by atoms with Crippen molar-refractivity contribution in [2.24, 2.45) is 0 Å². The second-order valence-corrected chi connectivity index (χ2v) is 5.82. The summed E-state index contributed by atoms with van der Waals surface area (Å²) in [5.41, 5.74) is 0.802. The van der Waals surface area contributed by atoms with Crippen molar-refractivity contribution in [1.29, 1.82) is 0 Å². The highest BCUT2D eigenvalue weighted by Gasteiger charge is 2.12. The number of halogens is 2. The van der Waals surface area contributed by atoms with Crippen LogP contribution in [0.1, 0.15) is 22.7 Å². The third kappa shape index (κ3) is 5.06. The Labute approximate surface area is 150 Å². The molecule has 0 fully saturated rings. The standard InChI is InChI=1S/C16H18Cl2N4O2/c1-10-20-13(16(23)19-7-4-8-24-2)9-14(21-10)22-15-11(17)5-3-6-12(15)18/h3,5-6,9H,4,7-8H2,1-2H3,(H,19,23)(H,20,21,22). The summed E-state index contributed by atoms with van der Waals surface area (Å²) in [5, 5.41) is 6.75. The first-order chi connectivity index (χ1) is 11.5. The van der Waals surface area contributed by atoms with Gasteiger partial charge in [-0.15, -0.1) is 0 Å². The molecule has 1 heterocycles. The van der Waals surface area contributed by atoms with Crippen LogP contribution in [0.4, 0.5) is 11.5 Å². The van der Waals surface area contributed by atoms with Crippen molar-refractivity contribution in [3.05, 3.63) is 45.8 Å². The number of carbonyl (C=O) groups excluding carboxylic acids is 1. The predicted octanol–water partition coefficient (Wildman–Crippen LogP) is 3.60. The molecule has 0 saturated heterocycles. The van der Waals surface area contributed by atoms with Crippen LogP contribution >= 0.6 is 23.2 Å². The zero-order valence-corrected chi connectivity index (χ0v) is 14.9. The Balaban J connectivity index is 2.15. The molecule has 2 rings (SSSR count). The maximum Gasteiger partial charge on any atom is 0.270 e. The van der Waals surface area contributed by atoms with Gasteiger partial charge in [-0.1, -0.05) is 29.3 Å². The van der Waals surface area contributed by atoms with E-state index in [-0.39, 0.29) is 11.6 Å². The summed E-state index contributed by atoms with van der Waals surface area (Å²) in [4.78, 5) is 20.6. The van der Waals surface area contributed by atoms with E-state index in [2.05, 4.69) is 20.6 Å². The normalized spacial score (nSPS) is 10.5. The number of methoxy groups -OCH3 is 1. The second-order valence-electron chi connectivity index (χ2n) is 5.01. The fourth-order valence-electron chi connectivity index (χ4n) is 2.00. The average molecular weight is 369 g/mol. The SMILES string of the molecule is COCCCNC(=O)c1cc(Nc2c(Cl)cccc2Cl)nc(C)n1. The van der Waals surface area contributed by atoms with Crippen molar-refractivity contribution in [3.8, 4) is 0 Å². The van der Waals surface area contributed by atoms with Gasteiger partial charge in [0, 0.05) is 26.3 Å². The van der Waals surface area contributed by atoms with Gasteiger partial charge in [-0.3, -0.25) is 4.79 Å². The minimum atomic E-state index is -0.273. The van der Waals surface area contributed by atoms with Crippen LogP contribution in [0.15, 0.2) is 24.3 Å². The number of nitrogens with zero attached hydrogens (tertiary/aromatic N) is 2. The summed E-state index contributed by atoms with van der Waals surface area (Å²) in [5.74, 6) is 0.634. The first-order valence-corrected chi connectivity index (χ1v) is 8.10. The first kappa shape index (κ1) is 18.4. The van der Waals surface area contributed by atoms with Gasteiger partial charge in [0.15, 0.2) is 0 Å². The van der Waals surface area contributed by atoms with Crippen LogP contribution in [0.3, 0.4) is 0 Å². The first-order valence-electron chi connectivity index (χ1n) is 7.35. The topological polar surface area (TPSA) is 76.1 Å². The van der Waals surface area contributed by atoms with Crippen molar-refractivity contribution in [3.63, 3.8) is 0 Å². The van der Waals surface area contributed by atoms with Crippen molar-refractivity contribution in [1.82, 2.24) is 15.3 Å². The lowest BCUT2D eigenvalue weighted by Gasteiger charge is -2.11. The Morgan fingerprint density at radius 2 is 1.96 bits per heavy atom. The van der Waals surface area contributed by atoms with Gasteiger partial charge < -0.3 is 15.4 Å². The highest BCUT2D eigenvalue weighted by atomic mass is 35.5. The lowest BCUT2D eigenvalue weighted by molar-refractivity contribution is 0.0943. The summed E-state index contributed by atoms with van der Waals surface area (Å²) in [6.45, 7) is 2.80. The number of carbonyl (C=O) groups is 1. The van der Waals surface area contributed by atoms with Crippen molar-refractivity contribution in [2.45, 2.75) is 13.3 Å². The van der Waals surface area contributed by atoms with Crippen LogP contribution in [-0.2, 0) is 4.74 Å². The number of para-hydroxylation sites is 1. The Morgan fingerprint density at radius 3 is 2.62 bits per heavy atom. The number of hydrogen-bond donors (Lipinski definition) is 2. The number of ether oxygens (including phenoxy) is 1. The van der Waals surface area contributed by atoms with E-state index in [0.717, 1.165) is 6.42 Å². The molecule has 0 aliphatic heterocycles. The molecule has 0 unspecified atom stereocenters. The molecule has 128 valence electrons. The monoisotopic (exact) mass is 368 g/mol. The molecule has 6 nitrogen and oxygen atoms in total. The Bertz CT molecular complexity index is 705. The molecule has 0 aliphatic carbocycles. The number of rotatable bonds is 7. The molecule has 1 aromatic carbocycles. The number of hydrogen-bond acceptors (Lipinski definition) is 5. The summed E-state index contributed by atoms with van der Waals surface area (Å²) in [6.07, 6.45) is 0.729. The molecule has 2 aromatic rings. The fraction of sp³-hybridized carbons (Fsp3) is 0.312. The van der Waals surface area contributed by atoms with Crippen LogP contribution in [-0.4, -0.2) is 36.1 Å². The van der Waals surface area contributed by atoms with Crippen LogP contribution in [0, 0.1) is 6.92 Å². The summed E-state index contributed by atoms with van der Waals surface area (Å²) >= 11 is 12.3. The number of aryl methyl sites for hydroxylation is 1. The van der Waals surface area contributed by atoms with Crippen LogP contribution in [0.25, 0.3) is 0 Å². The fourth-order valence-corrected chi connectivity index (χ4v) is 2.49. The van der Waals surface area contributed by atoms with E-state index >= 15 is 0 Å². The largest absolute Gasteiger partial charge is 0.385 e. The number of aromatic nitrogens is 2. The zero-order chi connectivity index (χ0) is 17.5. The molecule has 1 aromatic heterocycles. The maximum absolute atomic E-state index is 12.2. The van der Waals surface area contributed by atoms with E-state index in [9.17, 15) is 4.79 Å². The highest BCUT2D eigenvalue weighted by molar-refractivity contribution is 6.39. The van der Waals surface area contributed by atoms with Crippen molar-refractivity contribution < 1.29 is 9.53 Å². The molecule has 0 spiro atoms. The van der Waals surface area contributed by atoms with E-state index in [1.165, 1.54) is 0 Å². The summed E-state index contributed by atoms with van der Waals surface area (Å²) in [6, 6.07) is 6.73. The minimum Gasteiger partial charge on any atom is -0.385 e. The quantitative estimate of drug-likeness (QED) is 0.730. The maximum atomic E-state index is 12.2. The lowest BCUT2D eigenvalue weighted by Crippen LogP contribution is -2.26. The van der Waals surface area contributed by atoms with Crippen LogP contribution in [0.2, 0.25) is 10.0 Å². The highest BCUT2D eigenvalue weighted by Crippen LogP contribution is 2.32. The number of anilines is 2. The van der Waals surface area contributed by atoms with Gasteiger partial charge in [0.2, 0.25) is 0 Å². The van der Waals surface area contributed by atoms with Gasteiger partial charge in [0.05, 0.1) is 15.7 Å². The molecule has 2 N–H and O–H groups in total. The van der Waals surface area contributed by atoms with Gasteiger partial charge in [-0.25, -0.2) is 9.97 Å². The predicted molar refractivity (Wildman–Crippen MR) is 95.3 cm³/mol. The summed E-state index contributed by atoms with van der Waals surface area (Å²) < 4.78 is 4.94. The molecule has 0 bridgehead atoms. The second kappa shape index (κ2) is 8.82. The molecule has 24 heavy (non-hydrogen) atoms. The number of benzene rings is 1. The smallest absolute Gasteiger partial charge is 0.270 e. The Morgan fingerprint density at radius 1 is 1.25 bits per heavy atom. The molecule has 0 atom stereocenters. The van der Waals surface area contributed by atoms with E-state index < -0.39 is 0 Å². The van der Waals surface area contributed by atoms with E-state index in [4.69, 9.17) is 27.9 Å². The number of nitrogens with one attached hydrogen (secondary N) is 2. The molecule has 0 aliphatic rings. The average Bonchev–Trinajstić information content (AvgIpc) is 2.54. The number of amides is 1. The van der Waals surface area contributed by atoms with Gasteiger partial charge in [-0.2, -0.15) is 0 Å². The summed E-state index contributed by atoms with van der Waals surface area (Å²) in [7, 11) is 1.62. The van der Waals surface area contributed by atoms with Gasteiger partial charge >= 0.3 is 0 Å². The molecule has 1 amide bonds. The van der Waals surface area contributed by atoms with E-state index in [1.54, 1.807) is 38.3 Å². The Kier molecular flexibility index (Phi) is 6.78. The van der Waals surface area contributed by atoms with Crippen LogP contribution in [0.5, 0.6) is 0 Å². The van der Waals surface area contributed by atoms with Crippen molar-refractivity contribution >= 4 is 40.6 Å². The van der Waals surface area contributed by atoms with Gasteiger partial charge in [0.1, 0.15) is 17.3 Å². The molecule has 8 heteroatoms. The zero-order valence-electron chi connectivity index (χ0n) is 13.4. The molecular weight excluding hydrogens is 351 g/mol. The molecule has 0 radical (unpaired) electrons. The minimum absolute atomic E-state index is 0.269. The van der Waals surface area contributed by atoms with Gasteiger partial charge in [0.25, 0.3) is 5.91 Å². The van der Waals surface area contributed by atoms with Gasteiger partial charge in [-0.05, 0) is 25.5 Å². The third-order valence-electron chi connectivity index (χ3n) is 3.10. The molecular formula is C16H18Cl2N4O2. The van der Waals surface area contributed by atoms with E-state index in [0.29, 0.717) is 40.5 Å². The molecule has 0 saturated carbocycles. The van der Waals surface area contributed by atoms with Crippen LogP contribution < -0.4 is 10.6 Å². The lowest BCUT2D eigenvalue weighted by atomic mass is 10.3. The van der Waals surface area contributed by atoms with E-state index in [1.807, 2.05) is 0 Å². The Hall–Kier alpha value is -1.89.